The smallest absolute Gasteiger partial charge is 0.154 e. The van der Waals surface area contributed by atoms with Gasteiger partial charge in [-0.05, 0) is 31.6 Å². The minimum absolute atomic E-state index is 0.441. The Morgan fingerprint density at radius 3 is 2.85 bits per heavy atom. The highest BCUT2D eigenvalue weighted by molar-refractivity contribution is 5.68. The summed E-state index contributed by atoms with van der Waals surface area (Å²) < 4.78 is 7.68. The normalized spacial score (nSPS) is 21.9. The van der Waals surface area contributed by atoms with Crippen molar-refractivity contribution in [3.63, 3.8) is 0 Å². The Hall–Kier alpha value is -1.62. The zero-order valence-corrected chi connectivity index (χ0v) is 11.9. The van der Waals surface area contributed by atoms with Crippen molar-refractivity contribution in [1.82, 2.24) is 14.4 Å². The van der Waals surface area contributed by atoms with Crippen molar-refractivity contribution in [2.75, 3.05) is 31.2 Å². The van der Waals surface area contributed by atoms with E-state index in [1.165, 1.54) is 19.3 Å². The minimum Gasteiger partial charge on any atom is -0.381 e. The number of anilines is 1. The third-order valence-electron chi connectivity index (χ3n) is 4.81. The van der Waals surface area contributed by atoms with Crippen LogP contribution in [-0.4, -0.2) is 40.7 Å². The van der Waals surface area contributed by atoms with E-state index in [2.05, 4.69) is 14.3 Å². The molecule has 0 N–H and O–H groups in total. The Kier molecular flexibility index (Phi) is 2.70. The van der Waals surface area contributed by atoms with Gasteiger partial charge in [0.05, 0.1) is 24.8 Å². The van der Waals surface area contributed by atoms with E-state index in [-0.39, 0.29) is 0 Å². The molecule has 0 unspecified atom stereocenters. The average molecular weight is 272 g/mol. The van der Waals surface area contributed by atoms with Crippen molar-refractivity contribution in [2.24, 2.45) is 5.41 Å². The van der Waals surface area contributed by atoms with Gasteiger partial charge in [-0.2, -0.15) is 0 Å². The predicted octanol–water partition coefficient (Wildman–Crippen LogP) is 2.04. The highest BCUT2D eigenvalue weighted by atomic mass is 16.5. The van der Waals surface area contributed by atoms with Crippen LogP contribution in [0.3, 0.4) is 0 Å². The monoisotopic (exact) mass is 272 g/mol. The van der Waals surface area contributed by atoms with Gasteiger partial charge in [0.2, 0.25) is 0 Å². The molecule has 2 aromatic rings. The molecule has 2 aliphatic heterocycles. The van der Waals surface area contributed by atoms with E-state index in [0.29, 0.717) is 5.41 Å². The van der Waals surface area contributed by atoms with Gasteiger partial charge in [0, 0.05) is 25.9 Å². The van der Waals surface area contributed by atoms with Gasteiger partial charge in [0.1, 0.15) is 5.52 Å². The fraction of sp³-hybridized carbons (Fsp3) is 0.600. The van der Waals surface area contributed by atoms with Crippen molar-refractivity contribution in [3.05, 3.63) is 24.4 Å². The lowest BCUT2D eigenvalue weighted by Crippen LogP contribution is -2.41. The maximum atomic E-state index is 5.61. The number of fused-ring (bicyclic) bond motifs is 1. The highest BCUT2D eigenvalue weighted by Crippen LogP contribution is 2.40. The van der Waals surface area contributed by atoms with E-state index in [0.717, 1.165) is 43.3 Å². The second-order valence-corrected chi connectivity index (χ2v) is 6.18. The van der Waals surface area contributed by atoms with Gasteiger partial charge < -0.3 is 14.0 Å². The lowest BCUT2D eigenvalue weighted by molar-refractivity contribution is 0.133. The first-order chi connectivity index (χ1) is 9.76. The Labute approximate surface area is 118 Å². The summed E-state index contributed by atoms with van der Waals surface area (Å²) in [4.78, 5) is 11.4. The molecule has 0 aromatic carbocycles. The van der Waals surface area contributed by atoms with E-state index in [4.69, 9.17) is 9.72 Å². The molecule has 106 valence electrons. The van der Waals surface area contributed by atoms with Crippen molar-refractivity contribution in [2.45, 2.75) is 26.2 Å². The molecule has 2 fully saturated rings. The van der Waals surface area contributed by atoms with Gasteiger partial charge in [-0.3, -0.25) is 0 Å². The molecule has 0 radical (unpaired) electrons. The zero-order chi connectivity index (χ0) is 13.6. The van der Waals surface area contributed by atoms with Crippen molar-refractivity contribution in [3.8, 4) is 0 Å². The molecule has 4 rings (SSSR count). The quantitative estimate of drug-likeness (QED) is 0.797. The third-order valence-corrected chi connectivity index (χ3v) is 4.81. The predicted molar refractivity (Wildman–Crippen MR) is 77.0 cm³/mol. The summed E-state index contributed by atoms with van der Waals surface area (Å²) in [5.74, 6) is 1.08. The summed E-state index contributed by atoms with van der Waals surface area (Å²) in [6, 6.07) is 0. The molecule has 4 heterocycles. The number of rotatable bonds is 1. The molecule has 0 atom stereocenters. The van der Waals surface area contributed by atoms with Gasteiger partial charge in [-0.1, -0.05) is 0 Å². The number of imidazole rings is 1. The molecule has 0 bridgehead atoms. The van der Waals surface area contributed by atoms with Crippen LogP contribution in [-0.2, 0) is 4.74 Å². The SMILES string of the molecule is Cc1cn2cncc2c(N2CCC3(CCOC3)CC2)n1. The van der Waals surface area contributed by atoms with Crippen molar-refractivity contribution < 1.29 is 4.74 Å². The fourth-order valence-corrected chi connectivity index (χ4v) is 3.50. The molecule has 1 spiro atoms. The molecule has 2 aromatic heterocycles. The lowest BCUT2D eigenvalue weighted by atomic mass is 9.78. The molecule has 0 aliphatic carbocycles. The lowest BCUT2D eigenvalue weighted by Gasteiger charge is -2.39. The van der Waals surface area contributed by atoms with Crippen LogP contribution in [0.1, 0.15) is 25.0 Å². The number of nitrogens with zero attached hydrogens (tertiary/aromatic N) is 4. The first-order valence-corrected chi connectivity index (χ1v) is 7.38. The van der Waals surface area contributed by atoms with E-state index >= 15 is 0 Å². The molecule has 2 saturated heterocycles. The van der Waals surface area contributed by atoms with Crippen LogP contribution in [0.15, 0.2) is 18.7 Å². The number of hydrogen-bond donors (Lipinski definition) is 0. The molecule has 0 amide bonds. The number of hydrogen-bond acceptors (Lipinski definition) is 4. The van der Waals surface area contributed by atoms with Crippen LogP contribution in [0.2, 0.25) is 0 Å². The maximum absolute atomic E-state index is 5.61. The molecular formula is C15H20N4O. The van der Waals surface area contributed by atoms with Crippen LogP contribution in [0.5, 0.6) is 0 Å². The van der Waals surface area contributed by atoms with Gasteiger partial charge in [-0.25, -0.2) is 9.97 Å². The molecule has 0 saturated carbocycles. The average Bonchev–Trinajstić information content (AvgIpc) is 3.08. The standard InChI is InChI=1S/C15H20N4O/c1-12-9-19-11-16-8-13(19)14(17-12)18-5-2-15(3-6-18)4-7-20-10-15/h8-9,11H,2-7,10H2,1H3. The zero-order valence-electron chi connectivity index (χ0n) is 11.9. The molecule has 20 heavy (non-hydrogen) atoms. The minimum atomic E-state index is 0.441. The van der Waals surface area contributed by atoms with Gasteiger partial charge in [0.25, 0.3) is 0 Å². The van der Waals surface area contributed by atoms with Crippen molar-refractivity contribution >= 4 is 11.3 Å². The highest BCUT2D eigenvalue weighted by Gasteiger charge is 2.38. The van der Waals surface area contributed by atoms with E-state index in [1.54, 1.807) is 0 Å². The molecule has 5 nitrogen and oxygen atoms in total. The first-order valence-electron chi connectivity index (χ1n) is 7.38. The Morgan fingerprint density at radius 1 is 1.25 bits per heavy atom. The first kappa shape index (κ1) is 12.1. The molecule has 2 aliphatic rings. The second kappa shape index (κ2) is 4.45. The number of aromatic nitrogens is 3. The van der Waals surface area contributed by atoms with E-state index in [1.807, 2.05) is 25.6 Å². The van der Waals surface area contributed by atoms with Gasteiger partial charge in [0.15, 0.2) is 5.82 Å². The van der Waals surface area contributed by atoms with Crippen LogP contribution >= 0.6 is 0 Å². The van der Waals surface area contributed by atoms with Crippen molar-refractivity contribution in [1.29, 1.82) is 0 Å². The van der Waals surface area contributed by atoms with Crippen LogP contribution < -0.4 is 4.90 Å². The Morgan fingerprint density at radius 2 is 2.10 bits per heavy atom. The van der Waals surface area contributed by atoms with E-state index in [9.17, 15) is 0 Å². The summed E-state index contributed by atoms with van der Waals surface area (Å²) in [6.45, 7) is 6.07. The summed E-state index contributed by atoms with van der Waals surface area (Å²) in [6.07, 6.45) is 9.44. The summed E-state index contributed by atoms with van der Waals surface area (Å²) >= 11 is 0. The summed E-state index contributed by atoms with van der Waals surface area (Å²) in [7, 11) is 0. The van der Waals surface area contributed by atoms with Crippen LogP contribution in [0.25, 0.3) is 5.52 Å². The van der Waals surface area contributed by atoms with Crippen LogP contribution in [0.4, 0.5) is 5.82 Å². The largest absolute Gasteiger partial charge is 0.381 e. The van der Waals surface area contributed by atoms with Crippen LogP contribution in [0, 0.1) is 12.3 Å². The topological polar surface area (TPSA) is 42.7 Å². The third kappa shape index (κ3) is 1.88. The Balaban J connectivity index is 1.62. The maximum Gasteiger partial charge on any atom is 0.154 e. The van der Waals surface area contributed by atoms with Gasteiger partial charge >= 0.3 is 0 Å². The number of piperidine rings is 1. The number of ether oxygens (including phenoxy) is 1. The van der Waals surface area contributed by atoms with E-state index < -0.39 is 0 Å². The molecule has 5 heteroatoms. The second-order valence-electron chi connectivity index (χ2n) is 6.18. The molecular weight excluding hydrogens is 252 g/mol. The summed E-state index contributed by atoms with van der Waals surface area (Å²) in [5, 5.41) is 0. The summed E-state index contributed by atoms with van der Waals surface area (Å²) in [5.41, 5.74) is 2.58. The Bertz CT molecular complexity index is 620. The van der Waals surface area contributed by atoms with Gasteiger partial charge in [-0.15, -0.1) is 0 Å². The number of aryl methyl sites for hydroxylation is 1. The fourth-order valence-electron chi connectivity index (χ4n) is 3.50.